The highest BCUT2D eigenvalue weighted by Gasteiger charge is 2.16. The highest BCUT2D eigenvalue weighted by molar-refractivity contribution is 9.10. The highest BCUT2D eigenvalue weighted by atomic mass is 79.9. The van der Waals surface area contributed by atoms with Crippen LogP contribution in [0.5, 0.6) is 0 Å². The maximum absolute atomic E-state index is 12.0. The molecule has 0 bridgehead atoms. The van der Waals surface area contributed by atoms with E-state index < -0.39 is 0 Å². The van der Waals surface area contributed by atoms with Crippen LogP contribution in [-0.2, 0) is 0 Å². The zero-order valence-corrected chi connectivity index (χ0v) is 14.7. The fraction of sp³-hybridized carbons (Fsp3) is 0.312. The van der Waals surface area contributed by atoms with Gasteiger partial charge in [0.25, 0.3) is 5.91 Å². The van der Waals surface area contributed by atoms with Gasteiger partial charge in [0.05, 0.1) is 12.4 Å². The first-order chi connectivity index (χ1) is 10.2. The number of amides is 1. The number of halogens is 1. The molecule has 1 heterocycles. The summed E-state index contributed by atoms with van der Waals surface area (Å²) in [6.07, 6.45) is 3.02. The van der Waals surface area contributed by atoms with E-state index in [2.05, 4.69) is 36.5 Å². The molecule has 0 saturated heterocycles. The third kappa shape index (κ3) is 4.53. The number of hydrogen-bond donors (Lipinski definition) is 2. The molecule has 22 heavy (non-hydrogen) atoms. The summed E-state index contributed by atoms with van der Waals surface area (Å²) in [5, 5.41) is 6.01. The van der Waals surface area contributed by atoms with Crippen LogP contribution >= 0.6 is 15.9 Å². The molecule has 2 N–H and O–H groups in total. The van der Waals surface area contributed by atoms with E-state index in [1.807, 2.05) is 45.9 Å². The Bertz CT molecular complexity index is 678. The molecule has 0 saturated carbocycles. The highest BCUT2D eigenvalue weighted by Crippen LogP contribution is 2.22. The average molecular weight is 363 g/mol. The summed E-state index contributed by atoms with van der Waals surface area (Å²) in [5.74, 6) is 0.361. The van der Waals surface area contributed by atoms with Crippen LogP contribution in [0, 0.1) is 6.92 Å². The van der Waals surface area contributed by atoms with E-state index in [0.717, 1.165) is 15.7 Å². The maximum Gasteiger partial charge on any atom is 0.271 e. The minimum Gasteiger partial charge on any atom is -0.346 e. The van der Waals surface area contributed by atoms with Crippen molar-refractivity contribution in [3.8, 4) is 0 Å². The number of benzene rings is 1. The predicted octanol–water partition coefficient (Wildman–Crippen LogP) is 3.82. The molecule has 0 aliphatic heterocycles. The number of aromatic nitrogens is 2. The lowest BCUT2D eigenvalue weighted by Gasteiger charge is -2.19. The van der Waals surface area contributed by atoms with Gasteiger partial charge in [0, 0.05) is 15.7 Å². The zero-order chi connectivity index (χ0) is 16.3. The van der Waals surface area contributed by atoms with Gasteiger partial charge >= 0.3 is 0 Å². The maximum atomic E-state index is 12.0. The van der Waals surface area contributed by atoms with Crippen molar-refractivity contribution in [3.05, 3.63) is 46.3 Å². The number of carbonyl (C=O) groups excluding carboxylic acids is 1. The Morgan fingerprint density at radius 2 is 1.91 bits per heavy atom. The number of carbonyl (C=O) groups is 1. The van der Waals surface area contributed by atoms with Crippen LogP contribution < -0.4 is 10.6 Å². The number of aryl methyl sites for hydroxylation is 1. The van der Waals surface area contributed by atoms with Crippen LogP contribution in [0.3, 0.4) is 0 Å². The second-order valence-corrected chi connectivity index (χ2v) is 6.93. The minimum absolute atomic E-state index is 0.231. The van der Waals surface area contributed by atoms with Crippen molar-refractivity contribution in [2.45, 2.75) is 33.2 Å². The summed E-state index contributed by atoms with van der Waals surface area (Å²) in [6.45, 7) is 7.78. The molecule has 1 aromatic carbocycles. The van der Waals surface area contributed by atoms with Crippen molar-refractivity contribution in [3.63, 3.8) is 0 Å². The first-order valence-corrected chi connectivity index (χ1v) is 7.72. The lowest BCUT2D eigenvalue weighted by Crippen LogP contribution is -2.40. The van der Waals surface area contributed by atoms with Crippen molar-refractivity contribution in [2.24, 2.45) is 0 Å². The molecule has 0 aliphatic rings. The van der Waals surface area contributed by atoms with Crippen LogP contribution in [-0.4, -0.2) is 21.4 Å². The normalized spacial score (nSPS) is 11.1. The molecule has 0 fully saturated rings. The van der Waals surface area contributed by atoms with E-state index in [1.54, 1.807) is 6.20 Å². The number of rotatable bonds is 3. The van der Waals surface area contributed by atoms with Gasteiger partial charge in [-0.05, 0) is 51.5 Å². The predicted molar refractivity (Wildman–Crippen MR) is 91.4 cm³/mol. The molecular weight excluding hydrogens is 344 g/mol. The van der Waals surface area contributed by atoms with Crippen molar-refractivity contribution in [1.29, 1.82) is 0 Å². The van der Waals surface area contributed by atoms with Gasteiger partial charge in [0.1, 0.15) is 11.5 Å². The Kier molecular flexibility index (Phi) is 4.81. The first-order valence-electron chi connectivity index (χ1n) is 6.92. The Morgan fingerprint density at radius 3 is 2.45 bits per heavy atom. The van der Waals surface area contributed by atoms with Crippen LogP contribution in [0.15, 0.2) is 35.1 Å². The van der Waals surface area contributed by atoms with Crippen molar-refractivity contribution in [2.75, 3.05) is 5.32 Å². The smallest absolute Gasteiger partial charge is 0.271 e. The Hall–Kier alpha value is -1.95. The Labute approximate surface area is 138 Å². The Balaban J connectivity index is 2.08. The summed E-state index contributed by atoms with van der Waals surface area (Å²) >= 11 is 3.46. The summed E-state index contributed by atoms with van der Waals surface area (Å²) < 4.78 is 1.05. The van der Waals surface area contributed by atoms with Gasteiger partial charge in [-0.3, -0.25) is 4.79 Å². The van der Waals surface area contributed by atoms with Crippen LogP contribution in [0.4, 0.5) is 11.5 Å². The standard InChI is InChI=1S/C16H19BrN4O/c1-10-7-11(5-6-12(10)17)20-14-9-18-13(8-19-14)15(22)21-16(2,3)4/h5-9H,1-4H3,(H,19,20)(H,21,22). The molecule has 5 nitrogen and oxygen atoms in total. The van der Waals surface area contributed by atoms with E-state index in [4.69, 9.17) is 0 Å². The van der Waals surface area contributed by atoms with E-state index in [9.17, 15) is 4.79 Å². The van der Waals surface area contributed by atoms with Gasteiger partial charge in [-0.25, -0.2) is 9.97 Å². The SMILES string of the molecule is Cc1cc(Nc2cnc(C(=O)NC(C)(C)C)cn2)ccc1Br. The van der Waals surface area contributed by atoms with Crippen molar-refractivity contribution >= 4 is 33.3 Å². The number of nitrogens with zero attached hydrogens (tertiary/aromatic N) is 2. The lowest BCUT2D eigenvalue weighted by atomic mass is 10.1. The molecular formula is C16H19BrN4O. The third-order valence-corrected chi connectivity index (χ3v) is 3.69. The number of anilines is 2. The van der Waals surface area contributed by atoms with Gasteiger partial charge in [0.15, 0.2) is 0 Å². The van der Waals surface area contributed by atoms with Gasteiger partial charge in [-0.1, -0.05) is 15.9 Å². The molecule has 2 aromatic rings. The van der Waals surface area contributed by atoms with E-state index in [-0.39, 0.29) is 11.4 Å². The molecule has 0 aliphatic carbocycles. The van der Waals surface area contributed by atoms with E-state index in [0.29, 0.717) is 11.5 Å². The lowest BCUT2D eigenvalue weighted by molar-refractivity contribution is 0.0914. The third-order valence-electron chi connectivity index (χ3n) is 2.80. The largest absolute Gasteiger partial charge is 0.346 e. The van der Waals surface area contributed by atoms with Crippen LogP contribution in [0.25, 0.3) is 0 Å². The Morgan fingerprint density at radius 1 is 1.18 bits per heavy atom. The molecule has 0 spiro atoms. The van der Waals surface area contributed by atoms with E-state index in [1.165, 1.54) is 6.20 Å². The molecule has 2 rings (SSSR count). The summed E-state index contributed by atoms with van der Waals surface area (Å²) in [6, 6.07) is 5.92. The topological polar surface area (TPSA) is 66.9 Å². The molecule has 6 heteroatoms. The van der Waals surface area contributed by atoms with Gasteiger partial charge < -0.3 is 10.6 Å². The van der Waals surface area contributed by atoms with Gasteiger partial charge in [-0.2, -0.15) is 0 Å². The van der Waals surface area contributed by atoms with Crippen molar-refractivity contribution in [1.82, 2.24) is 15.3 Å². The monoisotopic (exact) mass is 362 g/mol. The fourth-order valence-corrected chi connectivity index (χ4v) is 2.03. The van der Waals surface area contributed by atoms with Crippen LogP contribution in [0.1, 0.15) is 36.8 Å². The van der Waals surface area contributed by atoms with Crippen molar-refractivity contribution < 1.29 is 4.79 Å². The molecule has 116 valence electrons. The summed E-state index contributed by atoms with van der Waals surface area (Å²) in [5.41, 5.74) is 2.04. The number of hydrogen-bond acceptors (Lipinski definition) is 4. The second-order valence-electron chi connectivity index (χ2n) is 6.08. The van der Waals surface area contributed by atoms with E-state index >= 15 is 0 Å². The summed E-state index contributed by atoms with van der Waals surface area (Å²) in [7, 11) is 0. The van der Waals surface area contributed by atoms with Crippen LogP contribution in [0.2, 0.25) is 0 Å². The molecule has 1 amide bonds. The zero-order valence-electron chi connectivity index (χ0n) is 13.1. The quantitative estimate of drug-likeness (QED) is 0.870. The molecule has 0 radical (unpaired) electrons. The summed E-state index contributed by atoms with van der Waals surface area (Å²) in [4.78, 5) is 20.4. The van der Waals surface area contributed by atoms with Gasteiger partial charge in [0.2, 0.25) is 0 Å². The number of nitrogens with one attached hydrogen (secondary N) is 2. The first kappa shape index (κ1) is 16.4. The van der Waals surface area contributed by atoms with Gasteiger partial charge in [-0.15, -0.1) is 0 Å². The average Bonchev–Trinajstić information content (AvgIpc) is 2.42. The fourth-order valence-electron chi connectivity index (χ4n) is 1.78. The molecule has 1 aromatic heterocycles. The second kappa shape index (κ2) is 6.44. The molecule has 0 unspecified atom stereocenters. The molecule has 0 atom stereocenters. The minimum atomic E-state index is -0.301.